The number of unbranched alkanes of at least 4 members (excludes halogenated alkanes) is 1. The summed E-state index contributed by atoms with van der Waals surface area (Å²) in [7, 11) is 0. The van der Waals surface area contributed by atoms with E-state index in [1.165, 1.54) is 5.01 Å². The van der Waals surface area contributed by atoms with E-state index in [0.29, 0.717) is 12.8 Å². The Morgan fingerprint density at radius 1 is 1.32 bits per heavy atom. The van der Waals surface area contributed by atoms with Gasteiger partial charge < -0.3 is 9.47 Å². The number of carbonyl (C=O) groups excluding carboxylic acids is 3. The summed E-state index contributed by atoms with van der Waals surface area (Å²) in [5.74, 6) is 5.30. The average molecular weight is 314 g/mol. The van der Waals surface area contributed by atoms with Gasteiger partial charge in [-0.1, -0.05) is 13.3 Å². The maximum absolute atomic E-state index is 11.5. The van der Waals surface area contributed by atoms with Crippen molar-refractivity contribution in [1.29, 1.82) is 0 Å². The summed E-state index contributed by atoms with van der Waals surface area (Å²) >= 11 is 0. The minimum Gasteiger partial charge on any atom is -0.428 e. The van der Waals surface area contributed by atoms with Gasteiger partial charge in [0.1, 0.15) is 5.60 Å². The van der Waals surface area contributed by atoms with Gasteiger partial charge in [-0.3, -0.25) is 14.6 Å². The van der Waals surface area contributed by atoms with Crippen LogP contribution in [0.25, 0.3) is 0 Å². The van der Waals surface area contributed by atoms with Gasteiger partial charge in [0.05, 0.1) is 6.04 Å². The summed E-state index contributed by atoms with van der Waals surface area (Å²) in [6, 6.07) is 0.0226. The molecule has 1 rings (SSSR count). The minimum absolute atomic E-state index is 0.0226. The molecule has 0 radical (unpaired) electrons. The molecule has 2 unspecified atom stereocenters. The Balaban J connectivity index is 2.20. The topological polar surface area (TPSA) is 98.9 Å². The van der Waals surface area contributed by atoms with Crippen molar-refractivity contribution in [3.05, 3.63) is 0 Å². The van der Waals surface area contributed by atoms with Crippen LogP contribution in [0.4, 0.5) is 4.79 Å². The molecule has 2 N–H and O–H groups in total. The second kappa shape index (κ2) is 7.58. The summed E-state index contributed by atoms with van der Waals surface area (Å²) in [5.41, 5.74) is -0.687. The van der Waals surface area contributed by atoms with Crippen LogP contribution in [0.15, 0.2) is 0 Å². The van der Waals surface area contributed by atoms with Crippen molar-refractivity contribution in [3.8, 4) is 0 Å². The maximum atomic E-state index is 11.5. The highest BCUT2D eigenvalue weighted by atomic mass is 16.7. The first kappa shape index (κ1) is 18.4. The Bertz CT molecular complexity index is 430. The number of rotatable bonds is 5. The normalized spacial score (nSPS) is 21.9. The minimum atomic E-state index is -0.972. The molecule has 22 heavy (non-hydrogen) atoms. The molecule has 0 aromatic carbocycles. The van der Waals surface area contributed by atoms with Crippen LogP contribution in [0, 0.1) is 5.92 Å². The van der Waals surface area contributed by atoms with Crippen molar-refractivity contribution in [3.63, 3.8) is 0 Å². The Kier molecular flexibility index (Phi) is 6.34. The van der Waals surface area contributed by atoms with Gasteiger partial charge in [-0.05, 0) is 39.5 Å². The summed E-state index contributed by atoms with van der Waals surface area (Å²) < 4.78 is 9.46. The van der Waals surface area contributed by atoms with Crippen LogP contribution >= 0.6 is 0 Å². The monoisotopic (exact) mass is 314 g/mol. The number of carbonyl (C=O) groups is 3. The third-order valence-electron chi connectivity index (χ3n) is 3.52. The smallest absolute Gasteiger partial charge is 0.428 e. The summed E-state index contributed by atoms with van der Waals surface area (Å²) in [6.07, 6.45) is 1.69. The molecule has 0 aromatic heterocycles. The summed E-state index contributed by atoms with van der Waals surface area (Å²) in [6.45, 7) is 7.08. The van der Waals surface area contributed by atoms with Crippen LogP contribution < -0.4 is 5.84 Å². The third-order valence-corrected chi connectivity index (χ3v) is 3.52. The van der Waals surface area contributed by atoms with Crippen molar-refractivity contribution in [2.45, 2.75) is 71.4 Å². The number of esters is 1. The molecule has 1 aliphatic heterocycles. The number of nitrogens with two attached hydrogens (primary N) is 1. The van der Waals surface area contributed by atoms with E-state index >= 15 is 0 Å². The molecule has 0 aromatic rings. The molecular weight excluding hydrogens is 288 g/mol. The van der Waals surface area contributed by atoms with E-state index in [-0.39, 0.29) is 24.3 Å². The predicted octanol–water partition coefficient (Wildman–Crippen LogP) is 2.14. The van der Waals surface area contributed by atoms with Gasteiger partial charge in [-0.15, -0.1) is 0 Å². The van der Waals surface area contributed by atoms with Gasteiger partial charge in [-0.2, -0.15) is 0 Å². The van der Waals surface area contributed by atoms with Gasteiger partial charge in [0, 0.05) is 12.8 Å². The molecule has 0 saturated carbocycles. The van der Waals surface area contributed by atoms with Crippen molar-refractivity contribution in [2.75, 3.05) is 0 Å². The van der Waals surface area contributed by atoms with Crippen molar-refractivity contribution < 1.29 is 23.9 Å². The lowest BCUT2D eigenvalue weighted by molar-refractivity contribution is -0.141. The molecule has 0 spiro atoms. The summed E-state index contributed by atoms with van der Waals surface area (Å²) in [5, 5.41) is 1.30. The quantitative estimate of drug-likeness (QED) is 0.274. The zero-order valence-corrected chi connectivity index (χ0v) is 13.8. The molecule has 1 aliphatic rings. The first-order valence-corrected chi connectivity index (χ1v) is 7.60. The second-order valence-electron chi connectivity index (χ2n) is 6.73. The van der Waals surface area contributed by atoms with Crippen LogP contribution in [0.1, 0.15) is 59.8 Å². The standard InChI is InChI=1S/C15H26N2O5/c1-10-9-12(18)17(16)11(10)7-5-6-8-13(19)21-14(20)22-15(2,3)4/h10-11H,5-9,16H2,1-4H3. The lowest BCUT2D eigenvalue weighted by Gasteiger charge is -2.22. The second-order valence-corrected chi connectivity index (χ2v) is 6.73. The van der Waals surface area contributed by atoms with Gasteiger partial charge >= 0.3 is 12.1 Å². The number of hydrogen-bond donors (Lipinski definition) is 1. The zero-order chi connectivity index (χ0) is 16.9. The molecule has 7 nitrogen and oxygen atoms in total. The fraction of sp³-hybridized carbons (Fsp3) is 0.800. The number of amides is 1. The Morgan fingerprint density at radius 3 is 2.45 bits per heavy atom. The SMILES string of the molecule is CC1CC(=O)N(N)C1CCCCC(=O)OC(=O)OC(C)(C)C. The molecule has 0 bridgehead atoms. The largest absolute Gasteiger partial charge is 0.516 e. The molecule has 1 heterocycles. The number of nitrogens with zero attached hydrogens (tertiary/aromatic N) is 1. The van der Waals surface area contributed by atoms with Crippen molar-refractivity contribution in [2.24, 2.45) is 11.8 Å². The van der Waals surface area contributed by atoms with E-state index in [4.69, 9.17) is 10.6 Å². The molecule has 1 amide bonds. The predicted molar refractivity (Wildman–Crippen MR) is 79.4 cm³/mol. The fourth-order valence-electron chi connectivity index (χ4n) is 2.44. The average Bonchev–Trinajstić information content (AvgIpc) is 2.57. The molecule has 1 fully saturated rings. The van der Waals surface area contributed by atoms with Gasteiger partial charge in [0.2, 0.25) is 5.91 Å². The van der Waals surface area contributed by atoms with Crippen LogP contribution in [0.5, 0.6) is 0 Å². The third kappa shape index (κ3) is 6.01. The highest BCUT2D eigenvalue weighted by Crippen LogP contribution is 2.26. The molecule has 1 saturated heterocycles. The maximum Gasteiger partial charge on any atom is 0.516 e. The zero-order valence-electron chi connectivity index (χ0n) is 13.8. The van der Waals surface area contributed by atoms with Crippen molar-refractivity contribution in [1.82, 2.24) is 5.01 Å². The van der Waals surface area contributed by atoms with Crippen molar-refractivity contribution >= 4 is 18.0 Å². The molecule has 0 aliphatic carbocycles. The molecule has 2 atom stereocenters. The van der Waals surface area contributed by atoms with Gasteiger partial charge in [-0.25, -0.2) is 10.6 Å². The van der Waals surface area contributed by atoms with Crippen LogP contribution in [-0.2, 0) is 19.1 Å². The molecule has 7 heteroatoms. The fourth-order valence-corrected chi connectivity index (χ4v) is 2.44. The first-order chi connectivity index (χ1) is 10.1. The van der Waals surface area contributed by atoms with E-state index in [2.05, 4.69) is 4.74 Å². The summed E-state index contributed by atoms with van der Waals surface area (Å²) in [4.78, 5) is 34.3. The lowest BCUT2D eigenvalue weighted by atomic mass is 9.97. The number of hydrazine groups is 1. The molecule has 126 valence electrons. The van der Waals surface area contributed by atoms with Crippen LogP contribution in [0.3, 0.4) is 0 Å². The van der Waals surface area contributed by atoms with Gasteiger partial charge in [0.25, 0.3) is 0 Å². The first-order valence-electron chi connectivity index (χ1n) is 7.60. The Hall–Kier alpha value is -1.63. The van der Waals surface area contributed by atoms with E-state index in [0.717, 1.165) is 12.8 Å². The highest BCUT2D eigenvalue weighted by molar-refractivity contribution is 5.81. The van der Waals surface area contributed by atoms with E-state index in [1.807, 2.05) is 6.92 Å². The number of hydrogen-bond acceptors (Lipinski definition) is 6. The van der Waals surface area contributed by atoms with Gasteiger partial charge in [0.15, 0.2) is 0 Å². The van der Waals surface area contributed by atoms with Crippen LogP contribution in [0.2, 0.25) is 0 Å². The van der Waals surface area contributed by atoms with E-state index in [9.17, 15) is 14.4 Å². The lowest BCUT2D eigenvalue weighted by Crippen LogP contribution is -2.40. The molecular formula is C15H26N2O5. The van der Waals surface area contributed by atoms with Crippen LogP contribution in [-0.4, -0.2) is 34.7 Å². The Morgan fingerprint density at radius 2 is 1.95 bits per heavy atom. The number of ether oxygens (including phenoxy) is 2. The van der Waals surface area contributed by atoms with E-state index in [1.54, 1.807) is 20.8 Å². The Labute approximate surface area is 131 Å². The van der Waals surface area contributed by atoms with E-state index < -0.39 is 17.7 Å². The highest BCUT2D eigenvalue weighted by Gasteiger charge is 2.34.